The predicted octanol–water partition coefficient (Wildman–Crippen LogP) is 1.08. The van der Waals surface area contributed by atoms with Crippen molar-refractivity contribution in [3.8, 4) is 5.75 Å². The average molecular weight is 263 g/mol. The van der Waals surface area contributed by atoms with Crippen LogP contribution in [0.1, 0.15) is 5.56 Å². The van der Waals surface area contributed by atoms with Crippen LogP contribution in [0.2, 0.25) is 0 Å². The van der Waals surface area contributed by atoms with Crippen LogP contribution in [0.25, 0.3) is 0 Å². The third-order valence-corrected chi connectivity index (χ3v) is 2.59. The van der Waals surface area contributed by atoms with Crippen molar-refractivity contribution >= 4 is 11.9 Å². The molecule has 0 saturated heterocycles. The van der Waals surface area contributed by atoms with Crippen molar-refractivity contribution in [3.05, 3.63) is 42.5 Å². The number of carbonyl (C=O) groups is 2. The molecule has 1 atom stereocenters. The zero-order valence-corrected chi connectivity index (χ0v) is 11.0. The molecule has 0 heterocycles. The zero-order chi connectivity index (χ0) is 14.3. The monoisotopic (exact) mass is 263 g/mol. The molecule has 0 aliphatic rings. The third-order valence-electron chi connectivity index (χ3n) is 2.59. The van der Waals surface area contributed by atoms with Gasteiger partial charge in [-0.2, -0.15) is 0 Å². The normalized spacial score (nSPS) is 11.3. The maximum Gasteiger partial charge on any atom is 0.328 e. The Hall–Kier alpha value is -2.30. The smallest absolute Gasteiger partial charge is 0.328 e. The Kier molecular flexibility index (Phi) is 5.60. The minimum Gasteiger partial charge on any atom is -0.497 e. The van der Waals surface area contributed by atoms with Crippen molar-refractivity contribution in [1.29, 1.82) is 0 Å². The molecule has 0 aliphatic carbocycles. The fourth-order valence-corrected chi connectivity index (χ4v) is 1.56. The topological polar surface area (TPSA) is 64.6 Å². The molecule has 5 heteroatoms. The highest BCUT2D eigenvalue weighted by molar-refractivity contribution is 5.91. The molecule has 1 aromatic carbocycles. The third kappa shape index (κ3) is 4.46. The van der Waals surface area contributed by atoms with Crippen molar-refractivity contribution in [2.75, 3.05) is 14.2 Å². The first-order valence-electron chi connectivity index (χ1n) is 5.74. The highest BCUT2D eigenvalue weighted by Crippen LogP contribution is 2.13. The number of esters is 1. The molecule has 1 N–H and O–H groups in total. The quantitative estimate of drug-likeness (QED) is 0.616. The highest BCUT2D eigenvalue weighted by Gasteiger charge is 2.20. The molecule has 0 aliphatic heterocycles. The lowest BCUT2D eigenvalue weighted by Crippen LogP contribution is -2.42. The molecule has 0 radical (unpaired) electrons. The van der Waals surface area contributed by atoms with Crippen molar-refractivity contribution in [1.82, 2.24) is 5.32 Å². The summed E-state index contributed by atoms with van der Waals surface area (Å²) in [5.74, 6) is -0.177. The Morgan fingerprint density at radius 3 is 2.42 bits per heavy atom. The molecule has 1 aromatic rings. The van der Waals surface area contributed by atoms with Crippen molar-refractivity contribution in [3.63, 3.8) is 0 Å². The van der Waals surface area contributed by atoms with Gasteiger partial charge < -0.3 is 14.8 Å². The molecule has 0 spiro atoms. The summed E-state index contributed by atoms with van der Waals surface area (Å²) in [4.78, 5) is 22.9. The summed E-state index contributed by atoms with van der Waals surface area (Å²) in [5.41, 5.74) is 0.889. The van der Waals surface area contributed by atoms with Crippen LogP contribution in [0, 0.1) is 0 Å². The van der Waals surface area contributed by atoms with Gasteiger partial charge in [-0.15, -0.1) is 0 Å². The van der Waals surface area contributed by atoms with E-state index in [1.54, 1.807) is 19.2 Å². The van der Waals surface area contributed by atoms with Crippen LogP contribution < -0.4 is 10.1 Å². The highest BCUT2D eigenvalue weighted by atomic mass is 16.5. The van der Waals surface area contributed by atoms with E-state index in [0.717, 1.165) is 17.4 Å². The van der Waals surface area contributed by atoms with Crippen LogP contribution in [-0.4, -0.2) is 32.1 Å². The van der Waals surface area contributed by atoms with Gasteiger partial charge in [0.2, 0.25) is 5.91 Å². The van der Waals surface area contributed by atoms with E-state index in [1.807, 2.05) is 12.1 Å². The van der Waals surface area contributed by atoms with E-state index in [0.29, 0.717) is 6.42 Å². The second-order valence-electron chi connectivity index (χ2n) is 3.84. The van der Waals surface area contributed by atoms with Crippen molar-refractivity contribution in [2.24, 2.45) is 0 Å². The first kappa shape index (κ1) is 14.8. The molecule has 0 aromatic heterocycles. The largest absolute Gasteiger partial charge is 0.497 e. The Morgan fingerprint density at radius 1 is 1.32 bits per heavy atom. The number of nitrogens with one attached hydrogen (secondary N) is 1. The lowest BCUT2D eigenvalue weighted by atomic mass is 10.1. The number of benzene rings is 1. The first-order valence-corrected chi connectivity index (χ1v) is 5.74. The number of methoxy groups -OCH3 is 2. The molecule has 5 nitrogen and oxygen atoms in total. The molecule has 19 heavy (non-hydrogen) atoms. The lowest BCUT2D eigenvalue weighted by molar-refractivity contribution is -0.144. The van der Waals surface area contributed by atoms with E-state index >= 15 is 0 Å². The second kappa shape index (κ2) is 7.20. The van der Waals surface area contributed by atoms with Gasteiger partial charge in [0.1, 0.15) is 11.8 Å². The number of rotatable bonds is 6. The van der Waals surface area contributed by atoms with Gasteiger partial charge in [-0.3, -0.25) is 4.79 Å². The van der Waals surface area contributed by atoms with Gasteiger partial charge >= 0.3 is 5.97 Å². The van der Waals surface area contributed by atoms with E-state index < -0.39 is 17.9 Å². The summed E-state index contributed by atoms with van der Waals surface area (Å²) < 4.78 is 9.71. The van der Waals surface area contributed by atoms with Gasteiger partial charge in [-0.1, -0.05) is 18.7 Å². The van der Waals surface area contributed by atoms with Crippen LogP contribution in [-0.2, 0) is 20.7 Å². The number of ether oxygens (including phenoxy) is 2. The van der Waals surface area contributed by atoms with E-state index in [-0.39, 0.29) is 0 Å². The minimum atomic E-state index is -0.733. The number of hydrogen-bond donors (Lipinski definition) is 1. The molecule has 102 valence electrons. The summed E-state index contributed by atoms with van der Waals surface area (Å²) in [7, 11) is 2.86. The second-order valence-corrected chi connectivity index (χ2v) is 3.84. The molecule has 0 unspecified atom stereocenters. The fraction of sp³-hybridized carbons (Fsp3) is 0.286. The number of carbonyl (C=O) groups excluding carboxylic acids is 2. The van der Waals surface area contributed by atoms with Gasteiger partial charge in [-0.05, 0) is 23.8 Å². The Morgan fingerprint density at radius 2 is 1.95 bits per heavy atom. The van der Waals surface area contributed by atoms with Gasteiger partial charge in [0.05, 0.1) is 14.2 Å². The van der Waals surface area contributed by atoms with Crippen LogP contribution in [0.3, 0.4) is 0 Å². The maximum atomic E-state index is 11.6. The SMILES string of the molecule is C=CC(=O)N[C@H](Cc1ccc(OC)cc1)C(=O)OC. The van der Waals surface area contributed by atoms with Crippen molar-refractivity contribution < 1.29 is 19.1 Å². The zero-order valence-electron chi connectivity index (χ0n) is 11.0. The summed E-state index contributed by atoms with van der Waals surface area (Å²) >= 11 is 0. The van der Waals surface area contributed by atoms with Crippen LogP contribution in [0.5, 0.6) is 5.75 Å². The summed E-state index contributed by atoms with van der Waals surface area (Å²) in [6.45, 7) is 3.35. The Bertz CT molecular complexity index is 453. The van der Waals surface area contributed by atoms with Gasteiger partial charge in [-0.25, -0.2) is 4.79 Å². The molecule has 0 fully saturated rings. The molecule has 0 bridgehead atoms. The Labute approximate surface area is 112 Å². The van der Waals surface area contributed by atoms with Gasteiger partial charge in [0.25, 0.3) is 0 Å². The summed E-state index contributed by atoms with van der Waals surface area (Å²) in [6.07, 6.45) is 1.46. The Balaban J connectivity index is 2.77. The molecular formula is C14H17NO4. The predicted molar refractivity (Wildman–Crippen MR) is 70.8 cm³/mol. The van der Waals surface area contributed by atoms with E-state index in [4.69, 9.17) is 4.74 Å². The van der Waals surface area contributed by atoms with E-state index in [9.17, 15) is 9.59 Å². The molecule has 1 rings (SSSR count). The summed E-state index contributed by atoms with van der Waals surface area (Å²) in [5, 5.41) is 2.53. The standard InChI is InChI=1S/C14H17NO4/c1-4-13(16)15-12(14(17)19-3)9-10-5-7-11(18-2)8-6-10/h4-8,12H,1,9H2,2-3H3,(H,15,16)/t12-/m1/s1. The molecular weight excluding hydrogens is 246 g/mol. The molecule has 0 saturated carbocycles. The fourth-order valence-electron chi connectivity index (χ4n) is 1.56. The first-order chi connectivity index (χ1) is 9.10. The van der Waals surface area contributed by atoms with E-state index in [2.05, 4.69) is 16.6 Å². The van der Waals surface area contributed by atoms with Gasteiger partial charge in [0.15, 0.2) is 0 Å². The average Bonchev–Trinajstić information content (AvgIpc) is 2.46. The molecule has 1 amide bonds. The minimum absolute atomic E-state index is 0.343. The number of hydrogen-bond acceptors (Lipinski definition) is 4. The van der Waals surface area contributed by atoms with Gasteiger partial charge in [0, 0.05) is 6.42 Å². The van der Waals surface area contributed by atoms with Crippen molar-refractivity contribution in [2.45, 2.75) is 12.5 Å². The lowest BCUT2D eigenvalue weighted by Gasteiger charge is -2.15. The number of amides is 1. The van der Waals surface area contributed by atoms with E-state index in [1.165, 1.54) is 7.11 Å². The summed E-state index contributed by atoms with van der Waals surface area (Å²) in [6, 6.07) is 6.51. The van der Waals surface area contributed by atoms with Crippen LogP contribution >= 0.6 is 0 Å². The van der Waals surface area contributed by atoms with Crippen LogP contribution in [0.15, 0.2) is 36.9 Å². The maximum absolute atomic E-state index is 11.6. The van der Waals surface area contributed by atoms with Crippen LogP contribution in [0.4, 0.5) is 0 Å².